The number of carbonyl (C=O) groups is 1. The molecular weight excluding hydrogens is 337 g/mol. The van der Waals surface area contributed by atoms with Gasteiger partial charge in [0.15, 0.2) is 11.4 Å². The van der Waals surface area contributed by atoms with Crippen LogP contribution in [0.15, 0.2) is 24.5 Å². The molecule has 1 atom stereocenters. The second-order valence-electron chi connectivity index (χ2n) is 6.05. The molecule has 1 N–H and O–H groups in total. The second-order valence-corrected chi connectivity index (χ2v) is 6.05. The van der Waals surface area contributed by atoms with Crippen molar-refractivity contribution >= 4 is 5.91 Å². The van der Waals surface area contributed by atoms with E-state index in [-0.39, 0.29) is 23.9 Å². The minimum absolute atomic E-state index is 0.0565. The van der Waals surface area contributed by atoms with E-state index in [2.05, 4.69) is 9.97 Å². The molecule has 0 bridgehead atoms. The number of likely N-dealkylation sites (tertiary alicyclic amines) is 1. The summed E-state index contributed by atoms with van der Waals surface area (Å²) in [5.41, 5.74) is -0.991. The number of halogens is 3. The van der Waals surface area contributed by atoms with Gasteiger partial charge in [-0.3, -0.25) is 4.79 Å². The van der Waals surface area contributed by atoms with E-state index >= 15 is 0 Å². The van der Waals surface area contributed by atoms with Crippen LogP contribution in [0.4, 0.5) is 13.2 Å². The maximum atomic E-state index is 12.8. The number of imidazole rings is 1. The van der Waals surface area contributed by atoms with Gasteiger partial charge >= 0.3 is 6.18 Å². The molecule has 1 saturated heterocycles. The number of amides is 1. The number of nitrogens with zero attached hydrogens (tertiary/aromatic N) is 4. The van der Waals surface area contributed by atoms with Gasteiger partial charge in [-0.25, -0.2) is 9.97 Å². The fraction of sp³-hybridized carbons (Fsp3) is 0.438. The van der Waals surface area contributed by atoms with E-state index in [4.69, 9.17) is 0 Å². The molecule has 6 nitrogen and oxygen atoms in total. The first-order valence-corrected chi connectivity index (χ1v) is 7.81. The number of rotatable bonds is 2. The molecule has 0 aromatic carbocycles. The Morgan fingerprint density at radius 2 is 2.16 bits per heavy atom. The molecule has 1 aliphatic heterocycles. The normalized spacial score (nSPS) is 18.4. The summed E-state index contributed by atoms with van der Waals surface area (Å²) in [7, 11) is 1.52. The molecule has 2 aromatic rings. The number of hydrogen-bond acceptors (Lipinski definition) is 4. The summed E-state index contributed by atoms with van der Waals surface area (Å²) in [5, 5.41) is 9.78. The number of alkyl halides is 3. The Kier molecular flexibility index (Phi) is 4.40. The van der Waals surface area contributed by atoms with Crippen LogP contribution in [-0.2, 0) is 13.2 Å². The predicted octanol–water partition coefficient (Wildman–Crippen LogP) is 2.56. The number of piperidine rings is 1. The van der Waals surface area contributed by atoms with Crippen molar-refractivity contribution in [2.45, 2.75) is 24.9 Å². The van der Waals surface area contributed by atoms with Crippen LogP contribution in [0, 0.1) is 0 Å². The van der Waals surface area contributed by atoms with Crippen molar-refractivity contribution in [2.24, 2.45) is 7.05 Å². The van der Waals surface area contributed by atoms with Gasteiger partial charge in [0.2, 0.25) is 0 Å². The summed E-state index contributed by atoms with van der Waals surface area (Å²) in [6.07, 6.45) is -0.859. The molecule has 3 rings (SSSR count). The lowest BCUT2D eigenvalue weighted by Gasteiger charge is -2.32. The van der Waals surface area contributed by atoms with Crippen molar-refractivity contribution in [1.29, 1.82) is 0 Å². The minimum atomic E-state index is -4.50. The lowest BCUT2D eigenvalue weighted by molar-refractivity contribution is -0.141. The van der Waals surface area contributed by atoms with Crippen LogP contribution in [0.3, 0.4) is 0 Å². The maximum absolute atomic E-state index is 12.8. The van der Waals surface area contributed by atoms with Crippen molar-refractivity contribution in [3.05, 3.63) is 41.7 Å². The highest BCUT2D eigenvalue weighted by Crippen LogP contribution is 2.32. The van der Waals surface area contributed by atoms with Crippen LogP contribution in [0.25, 0.3) is 0 Å². The number of pyridine rings is 1. The molecule has 3 heterocycles. The third-order valence-electron chi connectivity index (χ3n) is 4.27. The molecule has 0 spiro atoms. The number of aromatic hydroxyl groups is 1. The highest BCUT2D eigenvalue weighted by molar-refractivity contribution is 5.94. The van der Waals surface area contributed by atoms with E-state index in [0.717, 1.165) is 6.20 Å². The molecule has 1 aliphatic rings. The molecule has 25 heavy (non-hydrogen) atoms. The average molecular weight is 354 g/mol. The van der Waals surface area contributed by atoms with Gasteiger partial charge in [0.1, 0.15) is 11.6 Å². The van der Waals surface area contributed by atoms with Crippen LogP contribution < -0.4 is 0 Å². The molecule has 0 aliphatic carbocycles. The van der Waals surface area contributed by atoms with Crippen LogP contribution in [0.2, 0.25) is 0 Å². The van der Waals surface area contributed by atoms with Crippen LogP contribution in [0.1, 0.15) is 40.8 Å². The standard InChI is InChI=1S/C16H17F3N4O2/c1-22-9-12(16(17,18)19)21-14(22)10-4-3-7-23(8-10)15(25)13-11(24)5-2-6-20-13/h2,5-6,9-10,24H,3-4,7-8H2,1H3. The van der Waals surface area contributed by atoms with Gasteiger partial charge in [0, 0.05) is 38.4 Å². The van der Waals surface area contributed by atoms with E-state index in [0.29, 0.717) is 25.2 Å². The van der Waals surface area contributed by atoms with Gasteiger partial charge in [-0.15, -0.1) is 0 Å². The zero-order valence-corrected chi connectivity index (χ0v) is 13.5. The molecule has 0 saturated carbocycles. The fourth-order valence-electron chi connectivity index (χ4n) is 3.08. The van der Waals surface area contributed by atoms with Gasteiger partial charge < -0.3 is 14.6 Å². The van der Waals surface area contributed by atoms with Gasteiger partial charge in [-0.05, 0) is 25.0 Å². The third-order valence-corrected chi connectivity index (χ3v) is 4.27. The largest absolute Gasteiger partial charge is 0.505 e. The first kappa shape index (κ1) is 17.2. The van der Waals surface area contributed by atoms with Gasteiger partial charge in [-0.2, -0.15) is 13.2 Å². The Morgan fingerprint density at radius 1 is 1.40 bits per heavy atom. The van der Waals surface area contributed by atoms with E-state index < -0.39 is 17.8 Å². The van der Waals surface area contributed by atoms with Gasteiger partial charge in [0.05, 0.1) is 0 Å². The molecular formula is C16H17F3N4O2. The third kappa shape index (κ3) is 3.45. The number of aryl methyl sites for hydroxylation is 1. The summed E-state index contributed by atoms with van der Waals surface area (Å²) in [6.45, 7) is 0.693. The second kappa shape index (κ2) is 6.38. The molecule has 9 heteroatoms. The Bertz CT molecular complexity index is 788. The minimum Gasteiger partial charge on any atom is -0.505 e. The summed E-state index contributed by atoms with van der Waals surface area (Å²) < 4.78 is 39.9. The molecule has 1 unspecified atom stereocenters. The molecule has 1 fully saturated rings. The van der Waals surface area contributed by atoms with Crippen LogP contribution in [-0.4, -0.2) is 43.5 Å². The smallest absolute Gasteiger partial charge is 0.434 e. The van der Waals surface area contributed by atoms with Crippen molar-refractivity contribution in [1.82, 2.24) is 19.4 Å². The zero-order chi connectivity index (χ0) is 18.2. The summed E-state index contributed by atoms with van der Waals surface area (Å²) >= 11 is 0. The van der Waals surface area contributed by atoms with Crippen molar-refractivity contribution in [2.75, 3.05) is 13.1 Å². The lowest BCUT2D eigenvalue weighted by atomic mass is 9.97. The Morgan fingerprint density at radius 3 is 2.80 bits per heavy atom. The van der Waals surface area contributed by atoms with Crippen LogP contribution in [0.5, 0.6) is 5.75 Å². The molecule has 2 aromatic heterocycles. The van der Waals surface area contributed by atoms with Crippen molar-refractivity contribution in [3.63, 3.8) is 0 Å². The van der Waals surface area contributed by atoms with Crippen molar-refractivity contribution < 1.29 is 23.1 Å². The fourth-order valence-corrected chi connectivity index (χ4v) is 3.08. The van der Waals surface area contributed by atoms with E-state index in [1.807, 2.05) is 0 Å². The zero-order valence-electron chi connectivity index (χ0n) is 13.5. The highest BCUT2D eigenvalue weighted by atomic mass is 19.4. The topological polar surface area (TPSA) is 71.2 Å². The van der Waals surface area contributed by atoms with E-state index in [1.54, 1.807) is 0 Å². The Labute approximate surface area is 141 Å². The Hall–Kier alpha value is -2.58. The SMILES string of the molecule is Cn1cc(C(F)(F)F)nc1C1CCCN(C(=O)c2ncccc2O)C1. The quantitative estimate of drug-likeness (QED) is 0.900. The lowest BCUT2D eigenvalue weighted by Crippen LogP contribution is -2.40. The highest BCUT2D eigenvalue weighted by Gasteiger charge is 2.36. The average Bonchev–Trinajstić information content (AvgIpc) is 2.97. The first-order chi connectivity index (χ1) is 11.8. The number of hydrogen-bond donors (Lipinski definition) is 1. The monoisotopic (exact) mass is 354 g/mol. The van der Waals surface area contributed by atoms with Gasteiger partial charge in [-0.1, -0.05) is 0 Å². The van der Waals surface area contributed by atoms with E-state index in [9.17, 15) is 23.1 Å². The molecule has 134 valence electrons. The van der Waals surface area contributed by atoms with Crippen molar-refractivity contribution in [3.8, 4) is 5.75 Å². The van der Waals surface area contributed by atoms with Crippen LogP contribution >= 0.6 is 0 Å². The molecule has 0 radical (unpaired) electrons. The number of carbonyl (C=O) groups excluding carboxylic acids is 1. The molecule has 1 amide bonds. The van der Waals surface area contributed by atoms with E-state index in [1.165, 1.54) is 34.8 Å². The maximum Gasteiger partial charge on any atom is 0.434 e. The summed E-state index contributed by atoms with van der Waals surface area (Å²) in [6, 6.07) is 2.88. The predicted molar refractivity (Wildman–Crippen MR) is 82.0 cm³/mol. The Balaban J connectivity index is 1.81. The summed E-state index contributed by atoms with van der Waals surface area (Å²) in [4.78, 5) is 21.7. The van der Waals surface area contributed by atoms with Gasteiger partial charge in [0.25, 0.3) is 5.91 Å². The number of aromatic nitrogens is 3. The summed E-state index contributed by atoms with van der Waals surface area (Å²) in [5.74, 6) is -0.654. The first-order valence-electron chi connectivity index (χ1n) is 7.81.